The first-order valence-electron chi connectivity index (χ1n) is 11.1. The molecule has 32 heavy (non-hydrogen) atoms. The summed E-state index contributed by atoms with van der Waals surface area (Å²) in [5, 5.41) is 0. The van der Waals surface area contributed by atoms with Crippen LogP contribution in [-0.2, 0) is 7.05 Å². The highest BCUT2D eigenvalue weighted by atomic mass is 14.9. The summed E-state index contributed by atoms with van der Waals surface area (Å²) in [4.78, 5) is 0. The molecule has 0 unspecified atom stereocenters. The van der Waals surface area contributed by atoms with E-state index < -0.39 is 0 Å². The number of pyridine rings is 1. The maximum Gasteiger partial charge on any atom is 0.213 e. The minimum atomic E-state index is 1.22. The van der Waals surface area contributed by atoms with E-state index in [9.17, 15) is 0 Å². The highest BCUT2D eigenvalue weighted by Crippen LogP contribution is 2.47. The summed E-state index contributed by atoms with van der Waals surface area (Å²) < 4.78 is 2.27. The van der Waals surface area contributed by atoms with Gasteiger partial charge in [0.2, 0.25) is 5.69 Å². The second-order valence-corrected chi connectivity index (χ2v) is 8.55. The van der Waals surface area contributed by atoms with Crippen molar-refractivity contribution in [1.82, 2.24) is 0 Å². The zero-order chi connectivity index (χ0) is 21.7. The number of hydrogen-bond acceptors (Lipinski definition) is 0. The Hall–Kier alpha value is -3.97. The molecule has 5 aromatic rings. The van der Waals surface area contributed by atoms with Crippen molar-refractivity contribution in [2.45, 2.75) is 6.92 Å². The predicted octanol–water partition coefficient (Wildman–Crippen LogP) is 7.47. The van der Waals surface area contributed by atoms with E-state index >= 15 is 0 Å². The molecule has 1 heteroatoms. The molecule has 0 spiro atoms. The van der Waals surface area contributed by atoms with E-state index in [2.05, 4.69) is 128 Å². The van der Waals surface area contributed by atoms with Gasteiger partial charge >= 0.3 is 0 Å². The van der Waals surface area contributed by atoms with Gasteiger partial charge in [-0.25, -0.2) is 4.57 Å². The average molecular weight is 411 g/mol. The zero-order valence-corrected chi connectivity index (χ0v) is 18.3. The van der Waals surface area contributed by atoms with Crippen LogP contribution in [0.5, 0.6) is 0 Å². The molecule has 0 atom stereocenters. The van der Waals surface area contributed by atoms with Crippen molar-refractivity contribution in [2.24, 2.45) is 7.05 Å². The van der Waals surface area contributed by atoms with Crippen LogP contribution in [0.2, 0.25) is 0 Å². The van der Waals surface area contributed by atoms with Crippen LogP contribution in [0.15, 0.2) is 109 Å². The van der Waals surface area contributed by atoms with Crippen LogP contribution in [-0.4, -0.2) is 0 Å². The minimum Gasteiger partial charge on any atom is -0.200 e. The van der Waals surface area contributed by atoms with Crippen LogP contribution in [0.1, 0.15) is 5.56 Å². The molecule has 0 saturated carbocycles. The molecule has 1 heterocycles. The number of nitrogens with zero attached hydrogens (tertiary/aromatic N) is 1. The van der Waals surface area contributed by atoms with Crippen molar-refractivity contribution in [3.63, 3.8) is 0 Å². The third-order valence-electron chi connectivity index (χ3n) is 6.64. The lowest BCUT2D eigenvalue weighted by Gasteiger charge is -2.22. The SMILES string of the molecule is Cc1ccccc1-c1cc2c(c[n+]1C)-c1ccccc1-c1ccccc1-c1ccccc1-2. The highest BCUT2D eigenvalue weighted by Gasteiger charge is 2.25. The Kier molecular flexibility index (Phi) is 4.29. The quantitative estimate of drug-likeness (QED) is 0.248. The summed E-state index contributed by atoms with van der Waals surface area (Å²) in [7, 11) is 2.16. The van der Waals surface area contributed by atoms with Gasteiger partial charge in [0.25, 0.3) is 0 Å². The number of hydrogen-bond donors (Lipinski definition) is 0. The average Bonchev–Trinajstić information content (AvgIpc) is 2.84. The van der Waals surface area contributed by atoms with Crippen molar-refractivity contribution in [2.75, 3.05) is 0 Å². The molecule has 0 saturated heterocycles. The fraction of sp³-hybridized carbons (Fsp3) is 0.0645. The summed E-state index contributed by atoms with van der Waals surface area (Å²) in [5.41, 5.74) is 14.0. The van der Waals surface area contributed by atoms with E-state index in [1.54, 1.807) is 0 Å². The molecule has 0 radical (unpaired) electrons. The maximum atomic E-state index is 2.38. The molecule has 1 nitrogen and oxygen atoms in total. The minimum absolute atomic E-state index is 1.22. The van der Waals surface area contributed by atoms with Crippen LogP contribution in [0, 0.1) is 6.92 Å². The van der Waals surface area contributed by atoms with E-state index in [0.29, 0.717) is 0 Å². The Bertz CT molecular complexity index is 1490. The third kappa shape index (κ3) is 2.82. The molecule has 0 aliphatic heterocycles. The van der Waals surface area contributed by atoms with Crippen molar-refractivity contribution in [1.29, 1.82) is 0 Å². The summed E-state index contributed by atoms with van der Waals surface area (Å²) in [6, 6.07) is 37.4. The van der Waals surface area contributed by atoms with Crippen LogP contribution in [0.25, 0.3) is 55.8 Å². The largest absolute Gasteiger partial charge is 0.213 e. The second-order valence-electron chi connectivity index (χ2n) is 8.55. The lowest BCUT2D eigenvalue weighted by molar-refractivity contribution is -0.659. The number of aryl methyl sites for hydroxylation is 2. The van der Waals surface area contributed by atoms with Crippen molar-refractivity contribution >= 4 is 0 Å². The lowest BCUT2D eigenvalue weighted by atomic mass is 9.81. The third-order valence-corrected chi connectivity index (χ3v) is 6.64. The second kappa shape index (κ2) is 7.32. The van der Waals surface area contributed by atoms with E-state index in [-0.39, 0.29) is 0 Å². The number of benzene rings is 4. The standard InChI is InChI=1S/C31H24N/c1-21-11-3-4-12-22(21)31-19-29-27-17-9-7-15-25(27)23-13-5-6-14-24(23)26-16-8-10-18-28(26)30(29)20-32(31)2/h3-20H,1-2H3/q+1. The van der Waals surface area contributed by atoms with E-state index in [0.717, 1.165) is 0 Å². The van der Waals surface area contributed by atoms with Gasteiger partial charge in [-0.1, -0.05) is 91.0 Å². The molecule has 1 aromatic heterocycles. The van der Waals surface area contributed by atoms with Crippen LogP contribution in [0.4, 0.5) is 0 Å². The molecule has 0 fully saturated rings. The molecule has 1 aliphatic carbocycles. The first-order chi connectivity index (χ1) is 15.7. The Labute approximate surface area is 189 Å². The van der Waals surface area contributed by atoms with Gasteiger partial charge in [0.05, 0.1) is 5.56 Å². The van der Waals surface area contributed by atoms with E-state index in [4.69, 9.17) is 0 Å². The molecule has 0 bridgehead atoms. The summed E-state index contributed by atoms with van der Waals surface area (Å²) in [5.74, 6) is 0. The number of aromatic nitrogens is 1. The van der Waals surface area contributed by atoms with Crippen molar-refractivity contribution in [3.05, 3.63) is 115 Å². The molecule has 0 amide bonds. The van der Waals surface area contributed by atoms with E-state index in [1.807, 2.05) is 0 Å². The molecular weight excluding hydrogens is 386 g/mol. The van der Waals surface area contributed by atoms with Gasteiger partial charge < -0.3 is 0 Å². The van der Waals surface area contributed by atoms with Gasteiger partial charge in [-0.05, 0) is 51.9 Å². The first kappa shape index (κ1) is 18.8. The number of rotatable bonds is 1. The van der Waals surface area contributed by atoms with Crippen molar-refractivity contribution in [3.8, 4) is 55.8 Å². The van der Waals surface area contributed by atoms with E-state index in [1.165, 1.54) is 61.3 Å². The summed E-state index contributed by atoms with van der Waals surface area (Å²) >= 11 is 0. The molecular formula is C31H24N+. The Morgan fingerprint density at radius 1 is 0.438 bits per heavy atom. The van der Waals surface area contributed by atoms with Gasteiger partial charge in [-0.15, -0.1) is 0 Å². The predicted molar refractivity (Wildman–Crippen MR) is 133 cm³/mol. The van der Waals surface area contributed by atoms with Gasteiger partial charge in [0.15, 0.2) is 6.20 Å². The zero-order valence-electron chi connectivity index (χ0n) is 18.3. The normalized spacial score (nSPS) is 11.4. The highest BCUT2D eigenvalue weighted by molar-refractivity contribution is 6.03. The van der Waals surface area contributed by atoms with Crippen LogP contribution in [0.3, 0.4) is 0 Å². The van der Waals surface area contributed by atoms with Gasteiger partial charge in [-0.3, -0.25) is 0 Å². The van der Waals surface area contributed by atoms with Crippen molar-refractivity contribution < 1.29 is 4.57 Å². The van der Waals surface area contributed by atoms with Crippen LogP contribution < -0.4 is 4.57 Å². The van der Waals surface area contributed by atoms with Gasteiger partial charge in [0, 0.05) is 17.2 Å². The summed E-state index contributed by atoms with van der Waals surface area (Å²) in [6.07, 6.45) is 2.31. The van der Waals surface area contributed by atoms with Gasteiger partial charge in [-0.2, -0.15) is 0 Å². The lowest BCUT2D eigenvalue weighted by Crippen LogP contribution is -2.31. The number of fused-ring (bicyclic) bond motifs is 8. The molecule has 152 valence electrons. The fourth-order valence-electron chi connectivity index (χ4n) is 5.07. The van der Waals surface area contributed by atoms with Crippen LogP contribution >= 0.6 is 0 Å². The Balaban J connectivity index is 1.76. The topological polar surface area (TPSA) is 3.88 Å². The summed E-state index contributed by atoms with van der Waals surface area (Å²) in [6.45, 7) is 2.19. The monoisotopic (exact) mass is 410 g/mol. The maximum absolute atomic E-state index is 2.38. The first-order valence-corrected chi connectivity index (χ1v) is 11.1. The Morgan fingerprint density at radius 2 is 0.812 bits per heavy atom. The Morgan fingerprint density at radius 3 is 1.28 bits per heavy atom. The smallest absolute Gasteiger partial charge is 0.200 e. The molecule has 4 aromatic carbocycles. The molecule has 6 rings (SSSR count). The fourth-order valence-corrected chi connectivity index (χ4v) is 5.07. The van der Waals surface area contributed by atoms with Gasteiger partial charge in [0.1, 0.15) is 7.05 Å². The molecule has 0 N–H and O–H groups in total. The molecule has 1 aliphatic rings.